The van der Waals surface area contributed by atoms with Gasteiger partial charge in [-0.3, -0.25) is 14.5 Å². The van der Waals surface area contributed by atoms with Gasteiger partial charge in [0.05, 0.1) is 12.1 Å². The number of hydrogen-bond donors (Lipinski definition) is 1. The minimum absolute atomic E-state index is 0.119. The number of anilines is 1. The zero-order chi connectivity index (χ0) is 19.5. The third kappa shape index (κ3) is 3.42. The van der Waals surface area contributed by atoms with Crippen molar-refractivity contribution in [2.24, 2.45) is 0 Å². The highest BCUT2D eigenvalue weighted by atomic mass is 35.5. The first-order chi connectivity index (χ1) is 13.6. The lowest BCUT2D eigenvalue weighted by Crippen LogP contribution is -2.32. The number of halogens is 1. The summed E-state index contributed by atoms with van der Waals surface area (Å²) in [6, 6.07) is 25.8. The molecule has 1 aliphatic heterocycles. The van der Waals surface area contributed by atoms with E-state index in [1.54, 1.807) is 6.07 Å². The predicted octanol–water partition coefficient (Wildman–Crippen LogP) is 4.73. The number of nitrogens with zero attached hydrogens (tertiary/aromatic N) is 1. The molecule has 4 nitrogen and oxygen atoms in total. The Bertz CT molecular complexity index is 1060. The van der Waals surface area contributed by atoms with Crippen LogP contribution in [0.1, 0.15) is 11.1 Å². The van der Waals surface area contributed by atoms with Gasteiger partial charge in [-0.25, -0.2) is 0 Å². The van der Waals surface area contributed by atoms with Gasteiger partial charge in [0.25, 0.3) is 11.8 Å². The number of imide groups is 1. The van der Waals surface area contributed by atoms with Crippen molar-refractivity contribution in [2.45, 2.75) is 6.54 Å². The van der Waals surface area contributed by atoms with Crippen molar-refractivity contribution in [1.82, 2.24) is 4.90 Å². The topological polar surface area (TPSA) is 49.4 Å². The smallest absolute Gasteiger partial charge is 0.278 e. The summed E-state index contributed by atoms with van der Waals surface area (Å²) in [7, 11) is 0. The summed E-state index contributed by atoms with van der Waals surface area (Å²) in [6.07, 6.45) is 0. The van der Waals surface area contributed by atoms with Crippen molar-refractivity contribution in [1.29, 1.82) is 0 Å². The highest BCUT2D eigenvalue weighted by molar-refractivity contribution is 6.36. The summed E-state index contributed by atoms with van der Waals surface area (Å²) in [5.41, 5.74) is 2.79. The molecule has 0 fully saturated rings. The highest BCUT2D eigenvalue weighted by Crippen LogP contribution is 2.32. The van der Waals surface area contributed by atoms with E-state index < -0.39 is 0 Å². The van der Waals surface area contributed by atoms with Gasteiger partial charge in [-0.2, -0.15) is 0 Å². The van der Waals surface area contributed by atoms with E-state index in [4.69, 9.17) is 11.6 Å². The van der Waals surface area contributed by atoms with Crippen molar-refractivity contribution in [2.75, 3.05) is 5.32 Å². The molecule has 1 aliphatic rings. The molecule has 0 saturated carbocycles. The van der Waals surface area contributed by atoms with Crippen LogP contribution in [0, 0.1) is 0 Å². The first-order valence-electron chi connectivity index (χ1n) is 8.86. The molecule has 2 amide bonds. The Hall–Kier alpha value is -3.37. The number of nitrogens with one attached hydrogen (secondary N) is 1. The van der Waals surface area contributed by atoms with E-state index in [2.05, 4.69) is 5.32 Å². The second-order valence-corrected chi connectivity index (χ2v) is 6.80. The van der Waals surface area contributed by atoms with Crippen LogP contribution in [0.3, 0.4) is 0 Å². The molecule has 1 N–H and O–H groups in total. The molecule has 0 saturated heterocycles. The van der Waals surface area contributed by atoms with E-state index in [0.29, 0.717) is 16.2 Å². The first kappa shape index (κ1) is 18.0. The molecule has 3 aromatic carbocycles. The average Bonchev–Trinajstić information content (AvgIpc) is 2.95. The van der Waals surface area contributed by atoms with Crippen LogP contribution in [0.5, 0.6) is 0 Å². The van der Waals surface area contributed by atoms with Crippen molar-refractivity contribution in [3.63, 3.8) is 0 Å². The molecule has 4 rings (SSSR count). The number of benzene rings is 3. The van der Waals surface area contributed by atoms with Crippen molar-refractivity contribution >= 4 is 34.7 Å². The monoisotopic (exact) mass is 388 g/mol. The average molecular weight is 389 g/mol. The van der Waals surface area contributed by atoms with Gasteiger partial charge >= 0.3 is 0 Å². The fourth-order valence-corrected chi connectivity index (χ4v) is 3.37. The molecular formula is C23H17ClN2O2. The summed E-state index contributed by atoms with van der Waals surface area (Å²) in [4.78, 5) is 27.6. The highest BCUT2D eigenvalue weighted by Gasteiger charge is 2.39. The Kier molecular flexibility index (Phi) is 4.96. The van der Waals surface area contributed by atoms with E-state index in [1.165, 1.54) is 4.90 Å². The van der Waals surface area contributed by atoms with Crippen molar-refractivity contribution < 1.29 is 9.59 Å². The maximum atomic E-state index is 13.2. The van der Waals surface area contributed by atoms with Crippen LogP contribution in [0.2, 0.25) is 5.02 Å². The molecule has 0 radical (unpaired) electrons. The Morgan fingerprint density at radius 2 is 1.36 bits per heavy atom. The maximum absolute atomic E-state index is 13.2. The van der Waals surface area contributed by atoms with Crippen LogP contribution in [0.15, 0.2) is 90.6 Å². The second kappa shape index (κ2) is 7.71. The third-order valence-electron chi connectivity index (χ3n) is 4.56. The van der Waals surface area contributed by atoms with Gasteiger partial charge in [0.2, 0.25) is 0 Å². The van der Waals surface area contributed by atoms with Crippen LogP contribution >= 0.6 is 11.6 Å². The lowest BCUT2D eigenvalue weighted by molar-refractivity contribution is -0.137. The summed E-state index contributed by atoms with van der Waals surface area (Å²) in [5, 5.41) is 3.66. The van der Waals surface area contributed by atoms with Gasteiger partial charge in [0.15, 0.2) is 0 Å². The lowest BCUT2D eigenvalue weighted by Gasteiger charge is -2.16. The standard InChI is InChI=1S/C23H17ClN2O2/c24-19-14-8-7-11-17(19)15-26-22(27)20(16-9-3-1-4-10-16)21(23(26)28)25-18-12-5-2-6-13-18/h1-14,25H,15H2. The molecule has 0 aliphatic carbocycles. The molecular weight excluding hydrogens is 372 g/mol. The van der Waals surface area contributed by atoms with E-state index in [-0.39, 0.29) is 24.1 Å². The number of carbonyl (C=O) groups is 2. The summed E-state index contributed by atoms with van der Waals surface area (Å²) in [5.74, 6) is -0.706. The Labute approximate surface area is 168 Å². The Morgan fingerprint density at radius 3 is 2.04 bits per heavy atom. The van der Waals surface area contributed by atoms with E-state index in [1.807, 2.05) is 78.9 Å². The van der Waals surface area contributed by atoms with Crippen molar-refractivity contribution in [3.8, 4) is 0 Å². The minimum Gasteiger partial charge on any atom is -0.350 e. The van der Waals surface area contributed by atoms with Gasteiger partial charge in [0, 0.05) is 10.7 Å². The van der Waals surface area contributed by atoms with E-state index in [9.17, 15) is 9.59 Å². The van der Waals surface area contributed by atoms with Crippen LogP contribution in [0.25, 0.3) is 5.57 Å². The molecule has 0 spiro atoms. The zero-order valence-electron chi connectivity index (χ0n) is 14.9. The molecule has 138 valence electrons. The molecule has 0 bridgehead atoms. The quantitative estimate of drug-likeness (QED) is 0.643. The largest absolute Gasteiger partial charge is 0.350 e. The third-order valence-corrected chi connectivity index (χ3v) is 4.93. The summed E-state index contributed by atoms with van der Waals surface area (Å²) < 4.78 is 0. The van der Waals surface area contributed by atoms with Gasteiger partial charge in [-0.1, -0.05) is 78.3 Å². The fourth-order valence-electron chi connectivity index (χ4n) is 3.17. The zero-order valence-corrected chi connectivity index (χ0v) is 15.7. The molecule has 0 unspecified atom stereocenters. The number of hydrogen-bond acceptors (Lipinski definition) is 3. The SMILES string of the molecule is O=C1C(Nc2ccccc2)=C(c2ccccc2)C(=O)N1Cc1ccccc1Cl. The molecule has 0 atom stereocenters. The molecule has 5 heteroatoms. The van der Waals surface area contributed by atoms with E-state index in [0.717, 1.165) is 11.3 Å². The van der Waals surface area contributed by atoms with Crippen LogP contribution in [-0.2, 0) is 16.1 Å². The van der Waals surface area contributed by atoms with Gasteiger partial charge in [-0.15, -0.1) is 0 Å². The van der Waals surface area contributed by atoms with Crippen LogP contribution < -0.4 is 5.32 Å². The van der Waals surface area contributed by atoms with Gasteiger partial charge < -0.3 is 5.32 Å². The van der Waals surface area contributed by atoms with Gasteiger partial charge in [-0.05, 0) is 29.3 Å². The van der Waals surface area contributed by atoms with Crippen LogP contribution in [-0.4, -0.2) is 16.7 Å². The molecule has 1 heterocycles. The minimum atomic E-state index is -0.368. The lowest BCUT2D eigenvalue weighted by atomic mass is 10.0. The number of amides is 2. The molecule has 3 aromatic rings. The van der Waals surface area contributed by atoms with Gasteiger partial charge in [0.1, 0.15) is 5.70 Å². The number of para-hydroxylation sites is 1. The fraction of sp³-hybridized carbons (Fsp3) is 0.0435. The van der Waals surface area contributed by atoms with Crippen LogP contribution in [0.4, 0.5) is 5.69 Å². The molecule has 28 heavy (non-hydrogen) atoms. The molecule has 0 aromatic heterocycles. The maximum Gasteiger partial charge on any atom is 0.278 e. The Morgan fingerprint density at radius 1 is 0.750 bits per heavy atom. The normalized spacial score (nSPS) is 14.0. The Balaban J connectivity index is 1.74. The summed E-state index contributed by atoms with van der Waals surface area (Å²) in [6.45, 7) is 0.119. The predicted molar refractivity (Wildman–Crippen MR) is 110 cm³/mol. The second-order valence-electron chi connectivity index (χ2n) is 6.39. The van der Waals surface area contributed by atoms with E-state index >= 15 is 0 Å². The number of carbonyl (C=O) groups excluding carboxylic acids is 2. The van der Waals surface area contributed by atoms with Crippen molar-refractivity contribution in [3.05, 3.63) is 107 Å². The first-order valence-corrected chi connectivity index (χ1v) is 9.24. The number of rotatable bonds is 5. The summed E-state index contributed by atoms with van der Waals surface area (Å²) >= 11 is 6.24.